The molecule has 3 rings (SSSR count). The minimum Gasteiger partial charge on any atom is -0.457 e. The summed E-state index contributed by atoms with van der Waals surface area (Å²) in [5.74, 6) is 0.411. The fourth-order valence-electron chi connectivity index (χ4n) is 2.97. The van der Waals surface area contributed by atoms with Crippen LogP contribution in [0.3, 0.4) is 0 Å². The minimum atomic E-state index is -0.530. The zero-order chi connectivity index (χ0) is 20.4. The zero-order valence-corrected chi connectivity index (χ0v) is 16.0. The topological polar surface area (TPSA) is 99.3 Å². The molecule has 8 heteroatoms. The summed E-state index contributed by atoms with van der Waals surface area (Å²) in [5.41, 5.74) is 3.16. The molecule has 1 aromatic heterocycles. The van der Waals surface area contributed by atoms with E-state index in [1.807, 2.05) is 32.0 Å². The molecule has 0 saturated heterocycles. The van der Waals surface area contributed by atoms with Crippen LogP contribution < -0.4 is 10.1 Å². The summed E-state index contributed by atoms with van der Waals surface area (Å²) in [4.78, 5) is 23.3. The number of rotatable bonds is 5. The molecule has 0 radical (unpaired) electrons. The molecule has 0 atom stereocenters. The number of benzene rings is 2. The van der Waals surface area contributed by atoms with Crippen LogP contribution in [0, 0.1) is 30.9 Å². The SMILES string of the molecule is Cc1cc(C)cc(Oc2cc(NC(=O)c3cc(C)nn3C)cc([N+](=O)[O-])c2)c1. The number of aromatic nitrogens is 2. The molecule has 0 aliphatic heterocycles. The maximum Gasteiger partial charge on any atom is 0.275 e. The first-order valence-corrected chi connectivity index (χ1v) is 8.59. The van der Waals surface area contributed by atoms with Gasteiger partial charge in [-0.15, -0.1) is 0 Å². The monoisotopic (exact) mass is 380 g/mol. The normalized spacial score (nSPS) is 10.6. The van der Waals surface area contributed by atoms with Crippen molar-refractivity contribution in [2.45, 2.75) is 20.8 Å². The molecule has 0 aliphatic rings. The number of hydrogen-bond acceptors (Lipinski definition) is 5. The van der Waals surface area contributed by atoms with Crippen molar-refractivity contribution in [3.63, 3.8) is 0 Å². The average molecular weight is 380 g/mol. The summed E-state index contributed by atoms with van der Waals surface area (Å²) in [6.45, 7) is 5.66. The molecule has 144 valence electrons. The van der Waals surface area contributed by atoms with Crippen LogP contribution in [0.5, 0.6) is 11.5 Å². The molecule has 1 heterocycles. The van der Waals surface area contributed by atoms with E-state index in [1.165, 1.54) is 16.8 Å². The standard InChI is InChI=1S/C20H20N4O4/c1-12-5-13(2)7-17(6-12)28-18-10-15(9-16(11-18)24(26)27)21-20(25)19-8-14(3)22-23(19)4/h5-11H,1-4H3,(H,21,25). The van der Waals surface area contributed by atoms with E-state index in [0.29, 0.717) is 17.1 Å². The van der Waals surface area contributed by atoms with E-state index in [0.717, 1.165) is 11.1 Å². The van der Waals surface area contributed by atoms with Crippen molar-refractivity contribution in [2.75, 3.05) is 5.32 Å². The largest absolute Gasteiger partial charge is 0.457 e. The van der Waals surface area contributed by atoms with Crippen molar-refractivity contribution < 1.29 is 14.5 Å². The lowest BCUT2D eigenvalue weighted by Gasteiger charge is -2.11. The van der Waals surface area contributed by atoms with Crippen molar-refractivity contribution >= 4 is 17.3 Å². The van der Waals surface area contributed by atoms with Gasteiger partial charge in [-0.05, 0) is 50.1 Å². The van der Waals surface area contributed by atoms with Crippen LogP contribution >= 0.6 is 0 Å². The third kappa shape index (κ3) is 4.35. The first-order valence-electron chi connectivity index (χ1n) is 8.59. The van der Waals surface area contributed by atoms with E-state index >= 15 is 0 Å². The fourth-order valence-corrected chi connectivity index (χ4v) is 2.97. The number of amides is 1. The zero-order valence-electron chi connectivity index (χ0n) is 16.0. The fraction of sp³-hybridized carbons (Fsp3) is 0.200. The number of nitrogens with zero attached hydrogens (tertiary/aromatic N) is 3. The van der Waals surface area contributed by atoms with Crippen LogP contribution in [0.25, 0.3) is 0 Å². The Hall–Kier alpha value is -3.68. The second-order valence-corrected chi connectivity index (χ2v) is 6.65. The Bertz CT molecular complexity index is 1050. The lowest BCUT2D eigenvalue weighted by Crippen LogP contribution is -2.16. The molecule has 8 nitrogen and oxygen atoms in total. The van der Waals surface area contributed by atoms with Crippen LogP contribution in [-0.4, -0.2) is 20.6 Å². The maximum atomic E-state index is 12.5. The van der Waals surface area contributed by atoms with Crippen molar-refractivity contribution in [3.05, 3.63) is 75.1 Å². The number of nitrogens with one attached hydrogen (secondary N) is 1. The molecule has 2 aromatic carbocycles. The van der Waals surface area contributed by atoms with E-state index in [9.17, 15) is 14.9 Å². The van der Waals surface area contributed by atoms with E-state index in [4.69, 9.17) is 4.74 Å². The third-order valence-electron chi connectivity index (χ3n) is 4.03. The molecular weight excluding hydrogens is 360 g/mol. The lowest BCUT2D eigenvalue weighted by atomic mass is 10.1. The Morgan fingerprint density at radius 1 is 1.04 bits per heavy atom. The van der Waals surface area contributed by atoms with Crippen LogP contribution in [0.1, 0.15) is 27.3 Å². The smallest absolute Gasteiger partial charge is 0.275 e. The highest BCUT2D eigenvalue weighted by Crippen LogP contribution is 2.31. The molecule has 0 aliphatic carbocycles. The Balaban J connectivity index is 1.92. The van der Waals surface area contributed by atoms with Gasteiger partial charge in [-0.2, -0.15) is 5.10 Å². The van der Waals surface area contributed by atoms with Gasteiger partial charge in [0, 0.05) is 19.2 Å². The van der Waals surface area contributed by atoms with Gasteiger partial charge in [0.1, 0.15) is 17.2 Å². The van der Waals surface area contributed by atoms with E-state index < -0.39 is 10.8 Å². The number of carbonyl (C=O) groups excluding carboxylic acids is 1. The molecule has 28 heavy (non-hydrogen) atoms. The van der Waals surface area contributed by atoms with Crippen LogP contribution in [0.4, 0.5) is 11.4 Å². The number of nitro benzene ring substituents is 1. The van der Waals surface area contributed by atoms with Gasteiger partial charge in [-0.25, -0.2) is 0 Å². The highest BCUT2D eigenvalue weighted by Gasteiger charge is 2.16. The van der Waals surface area contributed by atoms with E-state index in [1.54, 1.807) is 26.1 Å². The van der Waals surface area contributed by atoms with Gasteiger partial charge in [0.15, 0.2) is 0 Å². The number of anilines is 1. The lowest BCUT2D eigenvalue weighted by molar-refractivity contribution is -0.384. The van der Waals surface area contributed by atoms with Crippen LogP contribution in [0.15, 0.2) is 42.5 Å². The molecule has 0 unspecified atom stereocenters. The van der Waals surface area contributed by atoms with Gasteiger partial charge in [0.25, 0.3) is 11.6 Å². The summed E-state index contributed by atoms with van der Waals surface area (Å²) in [6, 6.07) is 11.5. The maximum absolute atomic E-state index is 12.5. The Morgan fingerprint density at radius 3 is 2.25 bits per heavy atom. The summed E-state index contributed by atoms with van der Waals surface area (Å²) in [7, 11) is 1.66. The number of non-ortho nitro benzene ring substituents is 1. The van der Waals surface area contributed by atoms with Crippen LogP contribution in [0.2, 0.25) is 0 Å². The van der Waals surface area contributed by atoms with Gasteiger partial charge in [-0.3, -0.25) is 19.6 Å². The van der Waals surface area contributed by atoms with Gasteiger partial charge in [-0.1, -0.05) is 6.07 Å². The molecule has 3 aromatic rings. The summed E-state index contributed by atoms with van der Waals surface area (Å²) < 4.78 is 7.27. The number of carbonyl (C=O) groups is 1. The second-order valence-electron chi connectivity index (χ2n) is 6.65. The van der Waals surface area contributed by atoms with E-state index in [2.05, 4.69) is 10.4 Å². The number of hydrogen-bond donors (Lipinski definition) is 1. The molecular formula is C20H20N4O4. The van der Waals surface area contributed by atoms with E-state index in [-0.39, 0.29) is 17.1 Å². The van der Waals surface area contributed by atoms with Gasteiger partial charge in [0.2, 0.25) is 0 Å². The molecule has 1 N–H and O–H groups in total. The minimum absolute atomic E-state index is 0.182. The summed E-state index contributed by atoms with van der Waals surface area (Å²) in [6.07, 6.45) is 0. The van der Waals surface area contributed by atoms with Crippen molar-refractivity contribution in [3.8, 4) is 11.5 Å². The number of nitro groups is 1. The Labute approximate surface area is 161 Å². The van der Waals surface area contributed by atoms with Crippen molar-refractivity contribution in [2.24, 2.45) is 7.05 Å². The summed E-state index contributed by atoms with van der Waals surface area (Å²) in [5, 5.41) is 18.1. The molecule has 0 spiro atoms. The van der Waals surface area contributed by atoms with Gasteiger partial charge < -0.3 is 10.1 Å². The average Bonchev–Trinajstić information content (AvgIpc) is 2.92. The quantitative estimate of drug-likeness (QED) is 0.525. The highest BCUT2D eigenvalue weighted by atomic mass is 16.6. The first kappa shape index (κ1) is 19.1. The number of ether oxygens (including phenoxy) is 1. The molecule has 0 bridgehead atoms. The Kier molecular flexibility index (Phi) is 5.12. The third-order valence-corrected chi connectivity index (χ3v) is 4.03. The highest BCUT2D eigenvalue weighted by molar-refractivity contribution is 6.03. The second kappa shape index (κ2) is 7.51. The van der Waals surface area contributed by atoms with Crippen molar-refractivity contribution in [1.82, 2.24) is 9.78 Å². The first-order chi connectivity index (χ1) is 13.2. The predicted molar refractivity (Wildman–Crippen MR) is 105 cm³/mol. The van der Waals surface area contributed by atoms with Gasteiger partial charge >= 0.3 is 0 Å². The van der Waals surface area contributed by atoms with Crippen LogP contribution in [-0.2, 0) is 7.05 Å². The summed E-state index contributed by atoms with van der Waals surface area (Å²) >= 11 is 0. The van der Waals surface area contributed by atoms with Gasteiger partial charge in [0.05, 0.1) is 22.4 Å². The van der Waals surface area contributed by atoms with Crippen molar-refractivity contribution in [1.29, 1.82) is 0 Å². The molecule has 0 fully saturated rings. The molecule has 0 saturated carbocycles. The number of aryl methyl sites for hydroxylation is 4. The Morgan fingerprint density at radius 2 is 1.68 bits per heavy atom. The predicted octanol–water partition coefficient (Wildman–Crippen LogP) is 4.30. The molecule has 1 amide bonds.